The molecule has 1 saturated heterocycles. The van der Waals surface area contributed by atoms with Gasteiger partial charge in [-0.05, 0) is 63.4 Å². The van der Waals surface area contributed by atoms with Crippen LogP contribution in [0.3, 0.4) is 0 Å². The molecule has 0 radical (unpaired) electrons. The maximum absolute atomic E-state index is 13.7. The van der Waals surface area contributed by atoms with Crippen molar-refractivity contribution in [3.63, 3.8) is 0 Å². The van der Waals surface area contributed by atoms with Gasteiger partial charge in [-0.15, -0.1) is 0 Å². The quantitative estimate of drug-likeness (QED) is 0.860. The number of amides is 1. The number of benzene rings is 1. The van der Waals surface area contributed by atoms with E-state index in [-0.39, 0.29) is 18.3 Å². The Morgan fingerprint density at radius 1 is 1.21 bits per heavy atom. The van der Waals surface area contributed by atoms with Gasteiger partial charge in [0.25, 0.3) is 0 Å². The normalized spacial score (nSPS) is 19.5. The van der Waals surface area contributed by atoms with Crippen molar-refractivity contribution >= 4 is 19.1 Å². The Morgan fingerprint density at radius 3 is 2.29 bits per heavy atom. The van der Waals surface area contributed by atoms with Crippen LogP contribution in [0.25, 0.3) is 6.08 Å². The number of carbonyl (C=O) groups is 1. The largest absolute Gasteiger partial charge is 0.492 e. The van der Waals surface area contributed by atoms with Crippen molar-refractivity contribution in [3.8, 4) is 0 Å². The number of halogens is 1. The van der Waals surface area contributed by atoms with Gasteiger partial charge >= 0.3 is 7.12 Å². The minimum Gasteiger partial charge on any atom is -0.400 e. The Bertz CT molecular complexity index is 634. The van der Waals surface area contributed by atoms with E-state index in [1.54, 1.807) is 0 Å². The summed E-state index contributed by atoms with van der Waals surface area (Å²) in [5, 5.41) is 2.77. The van der Waals surface area contributed by atoms with E-state index in [9.17, 15) is 9.18 Å². The minimum absolute atomic E-state index is 0.146. The number of hydrogen-bond donors (Lipinski definition) is 1. The van der Waals surface area contributed by atoms with Crippen LogP contribution in [0, 0.1) is 12.7 Å². The summed E-state index contributed by atoms with van der Waals surface area (Å²) in [6, 6.07) is 4.80. The molecule has 0 saturated carbocycles. The highest BCUT2D eigenvalue weighted by atomic mass is 19.1. The second kappa shape index (κ2) is 6.69. The minimum atomic E-state index is -0.592. The third-order valence-electron chi connectivity index (χ3n) is 4.51. The van der Waals surface area contributed by atoms with E-state index in [4.69, 9.17) is 9.31 Å². The Balaban J connectivity index is 2.35. The number of aryl methyl sites for hydroxylation is 1. The summed E-state index contributed by atoms with van der Waals surface area (Å²) in [4.78, 5) is 11.3. The van der Waals surface area contributed by atoms with Crippen molar-refractivity contribution < 1.29 is 18.5 Å². The van der Waals surface area contributed by atoms with Crippen LogP contribution < -0.4 is 5.32 Å². The molecule has 130 valence electrons. The van der Waals surface area contributed by atoms with E-state index in [1.165, 1.54) is 19.1 Å². The lowest BCUT2D eigenvalue weighted by Crippen LogP contribution is -2.41. The molecule has 6 heteroatoms. The molecule has 0 aromatic heterocycles. The summed E-state index contributed by atoms with van der Waals surface area (Å²) in [7, 11) is -0.592. The maximum Gasteiger partial charge on any atom is 0.492 e. The van der Waals surface area contributed by atoms with Crippen molar-refractivity contribution in [2.24, 2.45) is 0 Å². The second-order valence-electron chi connectivity index (χ2n) is 7.28. The molecule has 1 N–H and O–H groups in total. The molecule has 1 aromatic carbocycles. The molecular weight excluding hydrogens is 308 g/mol. The monoisotopic (exact) mass is 333 g/mol. The fraction of sp³-hybridized carbons (Fsp3) is 0.500. The van der Waals surface area contributed by atoms with Crippen molar-refractivity contribution in [2.45, 2.75) is 52.7 Å². The first-order valence-electron chi connectivity index (χ1n) is 8.08. The van der Waals surface area contributed by atoms with Crippen molar-refractivity contribution in [3.05, 3.63) is 40.6 Å². The van der Waals surface area contributed by atoms with E-state index < -0.39 is 18.3 Å². The Hall–Kier alpha value is -1.66. The van der Waals surface area contributed by atoms with Crippen molar-refractivity contribution in [2.75, 3.05) is 6.54 Å². The molecule has 24 heavy (non-hydrogen) atoms. The zero-order valence-electron chi connectivity index (χ0n) is 15.2. The van der Waals surface area contributed by atoms with Crippen LogP contribution in [-0.2, 0) is 14.1 Å². The van der Waals surface area contributed by atoms with Crippen molar-refractivity contribution in [1.82, 2.24) is 5.32 Å². The summed E-state index contributed by atoms with van der Waals surface area (Å²) in [5.41, 5.74) is 1.32. The predicted octanol–water partition coefficient (Wildman–Crippen LogP) is 3.29. The molecule has 0 spiro atoms. The molecule has 1 aromatic rings. The average Bonchev–Trinajstić information content (AvgIpc) is 2.62. The first-order valence-corrected chi connectivity index (χ1v) is 8.08. The molecular formula is C18H25BFNO3. The molecule has 0 bridgehead atoms. The van der Waals surface area contributed by atoms with E-state index in [1.807, 2.05) is 46.8 Å². The number of carbonyl (C=O) groups excluding carboxylic acids is 1. The Kier molecular flexibility index (Phi) is 5.21. The van der Waals surface area contributed by atoms with Gasteiger partial charge in [0.05, 0.1) is 11.2 Å². The van der Waals surface area contributed by atoms with Gasteiger partial charge in [-0.2, -0.15) is 0 Å². The summed E-state index contributed by atoms with van der Waals surface area (Å²) in [5.74, 6) is -0.443. The van der Waals surface area contributed by atoms with Crippen LogP contribution in [0.5, 0.6) is 0 Å². The fourth-order valence-corrected chi connectivity index (χ4v) is 2.49. The molecule has 0 unspecified atom stereocenters. The first-order chi connectivity index (χ1) is 11.0. The highest BCUT2D eigenvalue weighted by molar-refractivity contribution is 6.56. The summed E-state index contributed by atoms with van der Waals surface area (Å²) < 4.78 is 25.8. The fourth-order valence-electron chi connectivity index (χ4n) is 2.49. The molecule has 2 rings (SSSR count). The first kappa shape index (κ1) is 18.7. The van der Waals surface area contributed by atoms with Crippen LogP contribution in [0.4, 0.5) is 4.39 Å². The molecule has 1 heterocycles. The number of rotatable bonds is 4. The SMILES string of the molecule is CC(=O)NCC(=Cc1cc(C)cc(F)c1)B1OC(C)(C)C(C)(C)O1. The molecule has 1 amide bonds. The van der Waals surface area contributed by atoms with Gasteiger partial charge in [0.1, 0.15) is 5.82 Å². The van der Waals surface area contributed by atoms with Gasteiger partial charge in [0.15, 0.2) is 0 Å². The Morgan fingerprint density at radius 2 is 1.79 bits per heavy atom. The van der Waals surface area contributed by atoms with Crippen LogP contribution in [0.1, 0.15) is 45.7 Å². The van der Waals surface area contributed by atoms with Gasteiger partial charge in [-0.1, -0.05) is 12.1 Å². The lowest BCUT2D eigenvalue weighted by atomic mass is 9.77. The lowest BCUT2D eigenvalue weighted by molar-refractivity contribution is -0.118. The highest BCUT2D eigenvalue weighted by Gasteiger charge is 2.52. The van der Waals surface area contributed by atoms with E-state index in [2.05, 4.69) is 5.32 Å². The predicted molar refractivity (Wildman–Crippen MR) is 93.9 cm³/mol. The van der Waals surface area contributed by atoms with Gasteiger partial charge in [0.2, 0.25) is 5.91 Å². The van der Waals surface area contributed by atoms with Crippen LogP contribution in [-0.4, -0.2) is 30.8 Å². The summed E-state index contributed by atoms with van der Waals surface area (Å²) in [6.45, 7) is 11.4. The van der Waals surface area contributed by atoms with Crippen molar-refractivity contribution in [1.29, 1.82) is 0 Å². The highest BCUT2D eigenvalue weighted by Crippen LogP contribution is 2.38. The molecule has 0 aliphatic carbocycles. The zero-order chi connectivity index (χ0) is 18.1. The third-order valence-corrected chi connectivity index (χ3v) is 4.51. The topological polar surface area (TPSA) is 47.6 Å². The van der Waals surface area contributed by atoms with Crippen LogP contribution in [0.15, 0.2) is 23.7 Å². The van der Waals surface area contributed by atoms with Gasteiger partial charge in [-0.25, -0.2) is 4.39 Å². The smallest absolute Gasteiger partial charge is 0.400 e. The van der Waals surface area contributed by atoms with Gasteiger partial charge < -0.3 is 14.6 Å². The molecule has 4 nitrogen and oxygen atoms in total. The van der Waals surface area contributed by atoms with Gasteiger partial charge in [-0.3, -0.25) is 4.79 Å². The van der Waals surface area contributed by atoms with Gasteiger partial charge in [0, 0.05) is 13.5 Å². The average molecular weight is 333 g/mol. The molecule has 1 aliphatic heterocycles. The third kappa shape index (κ3) is 4.25. The second-order valence-corrected chi connectivity index (χ2v) is 7.28. The van der Waals surface area contributed by atoms with Crippen LogP contribution >= 0.6 is 0 Å². The summed E-state index contributed by atoms with van der Waals surface area (Å²) >= 11 is 0. The Labute approximate surface area is 143 Å². The summed E-state index contributed by atoms with van der Waals surface area (Å²) in [6.07, 6.45) is 1.81. The molecule has 1 aliphatic rings. The standard InChI is InChI=1S/C18H25BFNO3/c1-12-7-14(10-16(20)8-12)9-15(11-21-13(2)22)19-23-17(3,4)18(5,6)24-19/h7-10H,11H2,1-6H3,(H,21,22). The molecule has 1 fully saturated rings. The number of hydrogen-bond acceptors (Lipinski definition) is 3. The lowest BCUT2D eigenvalue weighted by Gasteiger charge is -2.32. The van der Waals surface area contributed by atoms with E-state index >= 15 is 0 Å². The maximum atomic E-state index is 13.7. The van der Waals surface area contributed by atoms with Crippen LogP contribution in [0.2, 0.25) is 0 Å². The number of nitrogens with one attached hydrogen (secondary N) is 1. The van der Waals surface area contributed by atoms with E-state index in [0.29, 0.717) is 5.56 Å². The zero-order valence-corrected chi connectivity index (χ0v) is 15.2. The van der Waals surface area contributed by atoms with E-state index in [0.717, 1.165) is 11.0 Å². The molecule has 0 atom stereocenters.